The van der Waals surface area contributed by atoms with Gasteiger partial charge in [0.25, 0.3) is 12.6 Å². The lowest BCUT2D eigenvalue weighted by molar-refractivity contribution is -0.159. The largest absolute Gasteiger partial charge is 0.510 e. The zero-order valence-electron chi connectivity index (χ0n) is 24.5. The molecule has 1 aliphatic heterocycles. The van der Waals surface area contributed by atoms with Gasteiger partial charge in [0.05, 0.1) is 19.8 Å². The standard InChI is InChI=1S/C31H48O9/c1-4-7-20-35-30(32)39-28-29(40-31(33)36-21-8-5-2)38-27(37-28)25-16-18-26(19-17-25)34-22-9-11-24-14-12-23(10-6-3)13-15-24/h16-19,23-24,27-29H,4-15,20-22H2,1-3H3/t23?,24?,28-,29-/m1/s1. The van der Waals surface area contributed by atoms with Crippen molar-refractivity contribution in [3.63, 3.8) is 0 Å². The Balaban J connectivity index is 1.46. The summed E-state index contributed by atoms with van der Waals surface area (Å²) in [5.41, 5.74) is 0.662. The molecule has 0 aromatic heterocycles. The zero-order valence-corrected chi connectivity index (χ0v) is 24.5. The summed E-state index contributed by atoms with van der Waals surface area (Å²) in [5, 5.41) is 0. The second-order valence-electron chi connectivity index (χ2n) is 10.7. The van der Waals surface area contributed by atoms with E-state index in [2.05, 4.69) is 6.92 Å². The molecule has 1 aromatic rings. The SMILES string of the molecule is CCCCOC(=O)O[C@H]1OC(c2ccc(OCCCC3CCC(CCC)CC3)cc2)O[C@@H]1OC(=O)OCCCC. The van der Waals surface area contributed by atoms with E-state index in [4.69, 9.17) is 33.2 Å². The first-order chi connectivity index (χ1) is 19.5. The number of hydrogen-bond acceptors (Lipinski definition) is 9. The van der Waals surface area contributed by atoms with Gasteiger partial charge in [0.2, 0.25) is 0 Å². The molecular formula is C31H48O9. The van der Waals surface area contributed by atoms with Gasteiger partial charge in [-0.2, -0.15) is 0 Å². The van der Waals surface area contributed by atoms with Crippen molar-refractivity contribution in [3.8, 4) is 5.75 Å². The second-order valence-corrected chi connectivity index (χ2v) is 10.7. The van der Waals surface area contributed by atoms with Gasteiger partial charge in [0.15, 0.2) is 6.29 Å². The number of unbranched alkanes of at least 4 members (excludes halogenated alkanes) is 2. The van der Waals surface area contributed by atoms with E-state index in [0.29, 0.717) is 25.0 Å². The number of hydrogen-bond donors (Lipinski definition) is 0. The molecule has 40 heavy (non-hydrogen) atoms. The molecule has 1 aromatic carbocycles. The molecule has 0 N–H and O–H groups in total. The maximum atomic E-state index is 12.1. The lowest BCUT2D eigenvalue weighted by atomic mass is 9.78. The quantitative estimate of drug-likeness (QED) is 0.146. The smallest absolute Gasteiger partial charge is 0.494 e. The van der Waals surface area contributed by atoms with Crippen molar-refractivity contribution >= 4 is 12.3 Å². The fourth-order valence-corrected chi connectivity index (χ4v) is 5.09. The molecule has 2 aliphatic rings. The molecule has 9 heteroatoms. The predicted molar refractivity (Wildman–Crippen MR) is 149 cm³/mol. The van der Waals surface area contributed by atoms with E-state index in [1.165, 1.54) is 44.9 Å². The fourth-order valence-electron chi connectivity index (χ4n) is 5.09. The van der Waals surface area contributed by atoms with Crippen LogP contribution in [0.5, 0.6) is 5.75 Å². The maximum absolute atomic E-state index is 12.1. The minimum Gasteiger partial charge on any atom is -0.494 e. The van der Waals surface area contributed by atoms with Crippen molar-refractivity contribution in [1.82, 2.24) is 0 Å². The highest BCUT2D eigenvalue weighted by Gasteiger charge is 2.43. The van der Waals surface area contributed by atoms with Gasteiger partial charge in [-0.25, -0.2) is 9.59 Å². The molecular weight excluding hydrogens is 516 g/mol. The van der Waals surface area contributed by atoms with E-state index in [-0.39, 0.29) is 13.2 Å². The average Bonchev–Trinajstić information content (AvgIpc) is 3.34. The first-order valence-corrected chi connectivity index (χ1v) is 15.2. The Hall–Kier alpha value is -2.52. The van der Waals surface area contributed by atoms with Crippen LogP contribution in [0.1, 0.15) is 110 Å². The fraction of sp³-hybridized carbons (Fsp3) is 0.742. The molecule has 0 radical (unpaired) electrons. The molecule has 0 spiro atoms. The summed E-state index contributed by atoms with van der Waals surface area (Å²) in [6, 6.07) is 7.32. The van der Waals surface area contributed by atoms with Gasteiger partial charge in [0, 0.05) is 5.56 Å². The van der Waals surface area contributed by atoms with E-state index >= 15 is 0 Å². The summed E-state index contributed by atoms with van der Waals surface area (Å²) in [5.74, 6) is 2.52. The molecule has 0 bridgehead atoms. The Kier molecular flexibility index (Phi) is 14.4. The normalized spacial score (nSPS) is 23.0. The summed E-state index contributed by atoms with van der Waals surface area (Å²) in [6.45, 7) is 7.37. The number of benzene rings is 1. The van der Waals surface area contributed by atoms with Crippen LogP contribution in [0, 0.1) is 11.8 Å². The average molecular weight is 565 g/mol. The lowest BCUT2D eigenvalue weighted by Gasteiger charge is -2.28. The van der Waals surface area contributed by atoms with E-state index < -0.39 is 31.2 Å². The number of carbonyl (C=O) groups excluding carboxylic acids is 2. The number of carbonyl (C=O) groups is 2. The van der Waals surface area contributed by atoms with Crippen LogP contribution in [0.25, 0.3) is 0 Å². The third-order valence-corrected chi connectivity index (χ3v) is 7.44. The van der Waals surface area contributed by atoms with Crippen molar-refractivity contribution in [2.45, 2.75) is 117 Å². The Morgan fingerprint density at radius 2 is 1.23 bits per heavy atom. The molecule has 3 rings (SSSR count). The Morgan fingerprint density at radius 1 is 0.700 bits per heavy atom. The van der Waals surface area contributed by atoms with Gasteiger partial charge in [-0.1, -0.05) is 84.3 Å². The summed E-state index contributed by atoms with van der Waals surface area (Å²) < 4.78 is 38.1. The van der Waals surface area contributed by atoms with E-state index in [9.17, 15) is 9.59 Å². The van der Waals surface area contributed by atoms with Crippen molar-refractivity contribution in [2.24, 2.45) is 11.8 Å². The second kappa shape index (κ2) is 18.0. The van der Waals surface area contributed by atoms with Crippen LogP contribution in [0.2, 0.25) is 0 Å². The van der Waals surface area contributed by atoms with Crippen LogP contribution >= 0.6 is 0 Å². The topological polar surface area (TPSA) is 98.8 Å². The van der Waals surface area contributed by atoms with Crippen LogP contribution in [0.15, 0.2) is 24.3 Å². The van der Waals surface area contributed by atoms with E-state index in [0.717, 1.165) is 36.8 Å². The summed E-state index contributed by atoms with van der Waals surface area (Å²) in [7, 11) is 0. The van der Waals surface area contributed by atoms with Crippen LogP contribution in [-0.2, 0) is 28.4 Å². The summed E-state index contributed by atoms with van der Waals surface area (Å²) in [4.78, 5) is 24.2. The van der Waals surface area contributed by atoms with Gasteiger partial charge in [-0.15, -0.1) is 0 Å². The van der Waals surface area contributed by atoms with Crippen molar-refractivity contribution in [3.05, 3.63) is 29.8 Å². The molecule has 0 amide bonds. The first-order valence-electron chi connectivity index (χ1n) is 15.2. The van der Waals surface area contributed by atoms with Crippen molar-refractivity contribution < 1.29 is 42.7 Å². The van der Waals surface area contributed by atoms with Gasteiger partial charge in [-0.3, -0.25) is 0 Å². The lowest BCUT2D eigenvalue weighted by Crippen LogP contribution is -2.33. The highest BCUT2D eigenvalue weighted by Crippen LogP contribution is 2.35. The van der Waals surface area contributed by atoms with Crippen LogP contribution in [0.4, 0.5) is 9.59 Å². The first kappa shape index (κ1) is 32.0. The maximum Gasteiger partial charge on any atom is 0.510 e. The highest BCUT2D eigenvalue weighted by atomic mass is 16.9. The summed E-state index contributed by atoms with van der Waals surface area (Å²) in [6.07, 6.45) is 8.17. The number of ether oxygens (including phenoxy) is 7. The summed E-state index contributed by atoms with van der Waals surface area (Å²) >= 11 is 0. The zero-order chi connectivity index (χ0) is 28.6. The monoisotopic (exact) mass is 564 g/mol. The third-order valence-electron chi connectivity index (χ3n) is 7.44. The molecule has 1 saturated heterocycles. The van der Waals surface area contributed by atoms with E-state index in [1.54, 1.807) is 0 Å². The molecule has 226 valence electrons. The molecule has 2 atom stereocenters. The molecule has 2 fully saturated rings. The molecule has 0 unspecified atom stereocenters. The van der Waals surface area contributed by atoms with Crippen molar-refractivity contribution in [2.75, 3.05) is 19.8 Å². The van der Waals surface area contributed by atoms with Crippen LogP contribution < -0.4 is 4.74 Å². The molecule has 9 nitrogen and oxygen atoms in total. The van der Waals surface area contributed by atoms with E-state index in [1.807, 2.05) is 38.1 Å². The third kappa shape index (κ3) is 11.2. The van der Waals surface area contributed by atoms with Crippen LogP contribution in [-0.4, -0.2) is 44.7 Å². The van der Waals surface area contributed by atoms with Gasteiger partial charge < -0.3 is 33.2 Å². The Morgan fingerprint density at radius 3 is 1.73 bits per heavy atom. The highest BCUT2D eigenvalue weighted by molar-refractivity contribution is 5.61. The Bertz CT molecular complexity index is 819. The number of rotatable bonds is 16. The van der Waals surface area contributed by atoms with Crippen LogP contribution in [0.3, 0.4) is 0 Å². The molecule has 1 aliphatic carbocycles. The predicted octanol–water partition coefficient (Wildman–Crippen LogP) is 8.06. The minimum atomic E-state index is -1.30. The van der Waals surface area contributed by atoms with Gasteiger partial charge in [0.1, 0.15) is 5.75 Å². The van der Waals surface area contributed by atoms with Crippen molar-refractivity contribution in [1.29, 1.82) is 0 Å². The molecule has 1 saturated carbocycles. The molecule has 1 heterocycles. The minimum absolute atomic E-state index is 0.221. The van der Waals surface area contributed by atoms with Gasteiger partial charge >= 0.3 is 12.3 Å². The Labute approximate surface area is 239 Å². The van der Waals surface area contributed by atoms with Gasteiger partial charge in [-0.05, 0) is 49.7 Å².